The minimum atomic E-state index is -2.97. The summed E-state index contributed by atoms with van der Waals surface area (Å²) in [7, 11) is -1.59. The molecule has 0 bridgehead atoms. The molecule has 84 valence electrons. The first-order chi connectivity index (χ1) is 6.54. The van der Waals surface area contributed by atoms with Gasteiger partial charge in [0.25, 0.3) is 0 Å². The molecule has 0 aromatic carbocycles. The van der Waals surface area contributed by atoms with Crippen LogP contribution >= 0.6 is 7.60 Å². The molecule has 6 heteroatoms. The summed E-state index contributed by atoms with van der Waals surface area (Å²) in [6.45, 7) is 4.22. The van der Waals surface area contributed by atoms with Gasteiger partial charge >= 0.3 is 7.60 Å². The van der Waals surface area contributed by atoms with E-state index in [1.54, 1.807) is 13.8 Å². The molecule has 0 aliphatic heterocycles. The zero-order chi connectivity index (χ0) is 11.0. The van der Waals surface area contributed by atoms with Crippen LogP contribution < -0.4 is 0 Å². The largest absolute Gasteiger partial charge is 0.624 e. The molecule has 0 saturated heterocycles. The van der Waals surface area contributed by atoms with Crippen LogP contribution in [-0.2, 0) is 13.6 Å². The summed E-state index contributed by atoms with van der Waals surface area (Å²) in [5.74, 6) is 0. The van der Waals surface area contributed by atoms with E-state index in [-0.39, 0.29) is 6.16 Å². The van der Waals surface area contributed by atoms with E-state index < -0.39 is 7.60 Å². The van der Waals surface area contributed by atoms with Gasteiger partial charge in [0.15, 0.2) is 6.21 Å². The summed E-state index contributed by atoms with van der Waals surface area (Å²) in [4.78, 5) is 0. The lowest BCUT2D eigenvalue weighted by molar-refractivity contribution is -0.418. The van der Waals surface area contributed by atoms with Crippen LogP contribution in [0.2, 0.25) is 0 Å². The summed E-state index contributed by atoms with van der Waals surface area (Å²) in [5, 5.41) is 10.5. The van der Waals surface area contributed by atoms with Crippen molar-refractivity contribution in [2.75, 3.05) is 26.4 Å². The van der Waals surface area contributed by atoms with Crippen LogP contribution in [0.3, 0.4) is 0 Å². The number of hydrogen-bond donors (Lipinski definition) is 0. The highest BCUT2D eigenvalue weighted by atomic mass is 31.2. The second-order valence-corrected chi connectivity index (χ2v) is 4.87. The van der Waals surface area contributed by atoms with Crippen molar-refractivity contribution in [3.8, 4) is 0 Å². The van der Waals surface area contributed by atoms with Gasteiger partial charge in [0.2, 0.25) is 0 Å². The number of hydroxylamine groups is 1. The van der Waals surface area contributed by atoms with Gasteiger partial charge < -0.3 is 14.3 Å². The maximum absolute atomic E-state index is 11.8. The van der Waals surface area contributed by atoms with Gasteiger partial charge in [0.05, 0.1) is 19.4 Å². The molecule has 0 aromatic rings. The predicted molar refractivity (Wildman–Crippen MR) is 56.0 cm³/mol. The van der Waals surface area contributed by atoms with Crippen molar-refractivity contribution in [2.24, 2.45) is 0 Å². The summed E-state index contributed by atoms with van der Waals surface area (Å²) in [6.07, 6.45) is 2.06. The Kier molecular flexibility index (Phi) is 6.79. The minimum Gasteiger partial charge on any atom is -0.624 e. The number of rotatable bonds is 7. The fraction of sp³-hybridized carbons (Fsp3) is 0.875. The number of nitrogens with zero attached hydrogens (tertiary/aromatic N) is 1. The van der Waals surface area contributed by atoms with Crippen LogP contribution in [0.5, 0.6) is 0 Å². The van der Waals surface area contributed by atoms with Crippen molar-refractivity contribution in [1.82, 2.24) is 0 Å². The summed E-state index contributed by atoms with van der Waals surface area (Å²) in [6, 6.07) is 0. The van der Waals surface area contributed by atoms with Gasteiger partial charge in [-0.3, -0.25) is 4.57 Å². The molecule has 0 spiro atoms. The molecule has 0 aliphatic carbocycles. The molecular formula is C8H18NO4P. The van der Waals surface area contributed by atoms with E-state index in [1.165, 1.54) is 13.3 Å². The van der Waals surface area contributed by atoms with Gasteiger partial charge in [-0.05, 0) is 13.8 Å². The fourth-order valence-electron chi connectivity index (χ4n) is 0.957. The van der Waals surface area contributed by atoms with Crippen molar-refractivity contribution in [3.05, 3.63) is 5.21 Å². The van der Waals surface area contributed by atoms with Crippen LogP contribution in [0.15, 0.2) is 0 Å². The molecule has 0 N–H and O–H groups in total. The Bertz CT molecular complexity index is 215. The quantitative estimate of drug-likeness (QED) is 0.217. The first-order valence-electron chi connectivity index (χ1n) is 4.65. The average molecular weight is 223 g/mol. The highest BCUT2D eigenvalue weighted by Gasteiger charge is 2.22. The first kappa shape index (κ1) is 13.6. The second kappa shape index (κ2) is 6.98. The summed E-state index contributed by atoms with van der Waals surface area (Å²) in [5.41, 5.74) is 0. The Morgan fingerprint density at radius 3 is 2.21 bits per heavy atom. The third-order valence-electron chi connectivity index (χ3n) is 1.44. The van der Waals surface area contributed by atoms with E-state index in [4.69, 9.17) is 9.05 Å². The standard InChI is InChI=1S/C8H18NO4P/c1-4-12-14(11,13-5-2)8-6-7-9(3)10/h7H,4-6,8H2,1-3H3/b9-7-. The number of hydrogen-bond acceptors (Lipinski definition) is 4. The van der Waals surface area contributed by atoms with Gasteiger partial charge in [0.1, 0.15) is 7.05 Å². The molecule has 5 nitrogen and oxygen atoms in total. The zero-order valence-corrected chi connectivity index (χ0v) is 9.83. The SMILES string of the molecule is CCOP(=O)(CC/C=[N+](/C)[O-])OCC. The van der Waals surface area contributed by atoms with Crippen LogP contribution in [0, 0.1) is 5.21 Å². The van der Waals surface area contributed by atoms with Crippen molar-refractivity contribution >= 4 is 13.8 Å². The molecule has 0 heterocycles. The van der Waals surface area contributed by atoms with E-state index in [9.17, 15) is 9.77 Å². The lowest BCUT2D eigenvalue weighted by atomic mass is 10.5. The first-order valence-corrected chi connectivity index (χ1v) is 6.38. The van der Waals surface area contributed by atoms with Crippen molar-refractivity contribution in [2.45, 2.75) is 20.3 Å². The van der Waals surface area contributed by atoms with Crippen LogP contribution in [0.1, 0.15) is 20.3 Å². The Balaban J connectivity index is 4.09. The average Bonchev–Trinajstić information content (AvgIpc) is 2.03. The third kappa shape index (κ3) is 6.13. The fourth-order valence-corrected chi connectivity index (χ4v) is 2.51. The Hall–Kier alpha value is -0.380. The second-order valence-electron chi connectivity index (χ2n) is 2.69. The maximum atomic E-state index is 11.8. The Morgan fingerprint density at radius 2 is 1.86 bits per heavy atom. The third-order valence-corrected chi connectivity index (χ3v) is 3.55. The van der Waals surface area contributed by atoms with Crippen LogP contribution in [0.4, 0.5) is 0 Å². The van der Waals surface area contributed by atoms with E-state index >= 15 is 0 Å². The molecule has 0 unspecified atom stereocenters. The molecule has 0 aromatic heterocycles. The molecule has 0 atom stereocenters. The summed E-state index contributed by atoms with van der Waals surface area (Å²) >= 11 is 0. The molecule has 0 saturated carbocycles. The molecule has 0 rings (SSSR count). The Labute approximate surface area is 84.8 Å². The van der Waals surface area contributed by atoms with E-state index in [0.29, 0.717) is 24.4 Å². The zero-order valence-electron chi connectivity index (χ0n) is 8.93. The van der Waals surface area contributed by atoms with E-state index in [0.717, 1.165) is 0 Å². The molecule has 14 heavy (non-hydrogen) atoms. The summed E-state index contributed by atoms with van der Waals surface area (Å²) < 4.78 is 22.6. The van der Waals surface area contributed by atoms with Crippen molar-refractivity contribution < 1.29 is 18.4 Å². The topological polar surface area (TPSA) is 61.6 Å². The van der Waals surface area contributed by atoms with Gasteiger partial charge in [-0.25, -0.2) is 4.74 Å². The minimum absolute atomic E-state index is 0.251. The van der Waals surface area contributed by atoms with Gasteiger partial charge in [-0.2, -0.15) is 0 Å². The van der Waals surface area contributed by atoms with Crippen LogP contribution in [-0.4, -0.2) is 37.4 Å². The van der Waals surface area contributed by atoms with Gasteiger partial charge in [-0.1, -0.05) is 0 Å². The van der Waals surface area contributed by atoms with Gasteiger partial charge in [-0.15, -0.1) is 0 Å². The monoisotopic (exact) mass is 223 g/mol. The van der Waals surface area contributed by atoms with Gasteiger partial charge in [0, 0.05) is 6.42 Å². The maximum Gasteiger partial charge on any atom is 0.331 e. The normalized spacial score (nSPS) is 13.2. The highest BCUT2D eigenvalue weighted by Crippen LogP contribution is 2.48. The smallest absolute Gasteiger partial charge is 0.331 e. The molecule has 0 amide bonds. The predicted octanol–water partition coefficient (Wildman–Crippen LogP) is 1.85. The Morgan fingerprint density at radius 1 is 1.36 bits per heavy atom. The molecular weight excluding hydrogens is 205 g/mol. The molecule has 0 fully saturated rings. The van der Waals surface area contributed by atoms with Crippen molar-refractivity contribution in [1.29, 1.82) is 0 Å². The molecule has 0 aliphatic rings. The highest BCUT2D eigenvalue weighted by molar-refractivity contribution is 7.53. The van der Waals surface area contributed by atoms with E-state index in [2.05, 4.69) is 0 Å². The molecule has 0 radical (unpaired) electrons. The lowest BCUT2D eigenvalue weighted by Gasteiger charge is -2.15. The van der Waals surface area contributed by atoms with Crippen molar-refractivity contribution in [3.63, 3.8) is 0 Å². The lowest BCUT2D eigenvalue weighted by Crippen LogP contribution is -2.03. The van der Waals surface area contributed by atoms with E-state index in [1.807, 2.05) is 0 Å². The van der Waals surface area contributed by atoms with Crippen LogP contribution in [0.25, 0.3) is 0 Å².